The number of hydrogen-bond acceptors (Lipinski definition) is 4. The number of hydrogen-bond donors (Lipinski definition) is 2. The lowest BCUT2D eigenvalue weighted by atomic mass is 10.3. The van der Waals surface area contributed by atoms with E-state index in [0.717, 1.165) is 0 Å². The summed E-state index contributed by atoms with van der Waals surface area (Å²) < 4.78 is 5.74. The maximum absolute atomic E-state index is 12.0. The van der Waals surface area contributed by atoms with Crippen LogP contribution in [0.1, 0.15) is 10.5 Å². The van der Waals surface area contributed by atoms with E-state index in [1.807, 2.05) is 0 Å². The molecule has 0 saturated heterocycles. The summed E-state index contributed by atoms with van der Waals surface area (Å²) in [4.78, 5) is 26.6. The first-order valence-electron chi connectivity index (χ1n) is 5.99. The first-order chi connectivity index (χ1) is 10.1. The molecule has 1 heterocycles. The zero-order valence-corrected chi connectivity index (χ0v) is 12.5. The minimum atomic E-state index is -0.549. The molecule has 21 heavy (non-hydrogen) atoms. The quantitative estimate of drug-likeness (QED) is 0.862. The lowest BCUT2D eigenvalue weighted by Crippen LogP contribution is -2.20. The van der Waals surface area contributed by atoms with Crippen molar-refractivity contribution in [2.24, 2.45) is 5.73 Å². The number of nitrogens with zero attached hydrogens (tertiary/aromatic N) is 1. The number of pyridine rings is 1. The lowest BCUT2D eigenvalue weighted by Gasteiger charge is -2.07. The van der Waals surface area contributed by atoms with Gasteiger partial charge in [-0.15, -0.1) is 0 Å². The lowest BCUT2D eigenvalue weighted by molar-refractivity contribution is -0.119. The summed E-state index contributed by atoms with van der Waals surface area (Å²) in [7, 11) is 0. The van der Waals surface area contributed by atoms with E-state index in [9.17, 15) is 9.59 Å². The first kappa shape index (κ1) is 15.0. The van der Waals surface area contributed by atoms with Crippen LogP contribution < -0.4 is 15.8 Å². The number of halogens is 1. The average Bonchev–Trinajstić information content (AvgIpc) is 2.47. The van der Waals surface area contributed by atoms with Crippen LogP contribution >= 0.6 is 15.9 Å². The van der Waals surface area contributed by atoms with E-state index >= 15 is 0 Å². The molecular weight excluding hydrogens is 338 g/mol. The fourth-order valence-corrected chi connectivity index (χ4v) is 1.97. The van der Waals surface area contributed by atoms with Gasteiger partial charge < -0.3 is 15.8 Å². The Labute approximate surface area is 129 Å². The molecule has 7 heteroatoms. The van der Waals surface area contributed by atoms with E-state index in [1.54, 1.807) is 42.6 Å². The van der Waals surface area contributed by atoms with Crippen molar-refractivity contribution in [1.29, 1.82) is 0 Å². The minimum Gasteiger partial charge on any atom is -0.484 e. The third-order valence-corrected chi connectivity index (χ3v) is 3.11. The van der Waals surface area contributed by atoms with Gasteiger partial charge in [0.15, 0.2) is 6.61 Å². The summed E-state index contributed by atoms with van der Waals surface area (Å²) in [5.74, 6) is -0.383. The van der Waals surface area contributed by atoms with E-state index in [4.69, 9.17) is 10.5 Å². The monoisotopic (exact) mass is 349 g/mol. The fraction of sp³-hybridized carbons (Fsp3) is 0.0714. The molecule has 0 aliphatic carbocycles. The van der Waals surface area contributed by atoms with E-state index in [-0.39, 0.29) is 12.5 Å². The molecule has 1 aromatic carbocycles. The van der Waals surface area contributed by atoms with Crippen LogP contribution in [0.25, 0.3) is 0 Å². The molecule has 6 nitrogen and oxygen atoms in total. The largest absolute Gasteiger partial charge is 0.484 e. The second-order valence-corrected chi connectivity index (χ2v) is 4.92. The van der Waals surface area contributed by atoms with E-state index < -0.39 is 5.91 Å². The molecular formula is C14H12BrN3O3. The highest BCUT2D eigenvalue weighted by Gasteiger charge is 2.11. The van der Waals surface area contributed by atoms with E-state index in [1.165, 1.54) is 0 Å². The van der Waals surface area contributed by atoms with Gasteiger partial charge in [-0.2, -0.15) is 0 Å². The van der Waals surface area contributed by atoms with Crippen LogP contribution in [-0.4, -0.2) is 23.4 Å². The number of rotatable bonds is 5. The van der Waals surface area contributed by atoms with Crippen molar-refractivity contribution in [2.45, 2.75) is 0 Å². The van der Waals surface area contributed by atoms with Crippen LogP contribution in [0.5, 0.6) is 5.75 Å². The van der Waals surface area contributed by atoms with E-state index in [2.05, 4.69) is 26.2 Å². The van der Waals surface area contributed by atoms with Gasteiger partial charge in [-0.1, -0.05) is 0 Å². The maximum Gasteiger partial charge on any atom is 0.275 e. The molecule has 3 N–H and O–H groups in total. The molecule has 108 valence electrons. The summed E-state index contributed by atoms with van der Waals surface area (Å²) in [5.41, 5.74) is 5.87. The highest BCUT2D eigenvalue weighted by molar-refractivity contribution is 9.10. The highest BCUT2D eigenvalue weighted by Crippen LogP contribution is 2.18. The number of benzene rings is 1. The first-order valence-corrected chi connectivity index (χ1v) is 6.78. The predicted molar refractivity (Wildman–Crippen MR) is 81.0 cm³/mol. The number of carbonyl (C=O) groups is 2. The van der Waals surface area contributed by atoms with Gasteiger partial charge in [0.25, 0.3) is 11.8 Å². The summed E-state index contributed by atoms with van der Waals surface area (Å²) in [6, 6.07) is 10.0. The van der Waals surface area contributed by atoms with Gasteiger partial charge in [-0.3, -0.25) is 9.59 Å². The number of amides is 2. The number of aromatic nitrogens is 1. The molecule has 0 radical (unpaired) electrons. The number of primary amides is 1. The smallest absolute Gasteiger partial charge is 0.275 e. The Morgan fingerprint density at radius 1 is 1.24 bits per heavy atom. The minimum absolute atomic E-state index is 0.188. The topological polar surface area (TPSA) is 94.3 Å². The van der Waals surface area contributed by atoms with Gasteiger partial charge >= 0.3 is 0 Å². The Morgan fingerprint density at radius 2 is 1.95 bits per heavy atom. The van der Waals surface area contributed by atoms with Crippen LogP contribution in [0.2, 0.25) is 0 Å². The molecule has 0 aliphatic heterocycles. The Kier molecular flexibility index (Phi) is 4.89. The molecule has 1 aromatic heterocycles. The molecule has 0 aliphatic rings. The highest BCUT2D eigenvalue weighted by atomic mass is 79.9. The third kappa shape index (κ3) is 4.28. The van der Waals surface area contributed by atoms with Gasteiger partial charge in [-0.25, -0.2) is 4.98 Å². The third-order valence-electron chi connectivity index (χ3n) is 2.47. The van der Waals surface area contributed by atoms with E-state index in [0.29, 0.717) is 21.6 Å². The zero-order chi connectivity index (χ0) is 15.2. The normalized spacial score (nSPS) is 9.95. The van der Waals surface area contributed by atoms with Gasteiger partial charge in [-0.05, 0) is 52.3 Å². The predicted octanol–water partition coefficient (Wildman–Crippen LogP) is 1.96. The van der Waals surface area contributed by atoms with Crippen LogP contribution in [0.3, 0.4) is 0 Å². The molecule has 0 saturated carbocycles. The SMILES string of the molecule is NC(=O)COc1ccc(NC(=O)c2ncccc2Br)cc1. The van der Waals surface area contributed by atoms with Crippen molar-refractivity contribution >= 4 is 33.4 Å². The standard InChI is InChI=1S/C14H12BrN3O3/c15-11-2-1-7-17-13(11)14(20)18-9-3-5-10(6-4-9)21-8-12(16)19/h1-7H,8H2,(H2,16,19)(H,18,20). The number of nitrogens with one attached hydrogen (secondary N) is 1. The van der Waals surface area contributed by atoms with Gasteiger partial charge in [0, 0.05) is 16.4 Å². The van der Waals surface area contributed by atoms with Gasteiger partial charge in [0.05, 0.1) is 0 Å². The molecule has 2 rings (SSSR count). The Bertz CT molecular complexity index is 659. The van der Waals surface area contributed by atoms with Crippen molar-refractivity contribution in [3.63, 3.8) is 0 Å². The second kappa shape index (κ2) is 6.85. The van der Waals surface area contributed by atoms with Crippen LogP contribution in [0.15, 0.2) is 47.1 Å². The molecule has 0 bridgehead atoms. The summed E-state index contributed by atoms with van der Waals surface area (Å²) in [6.45, 7) is -0.188. The van der Waals surface area contributed by atoms with Crippen molar-refractivity contribution in [1.82, 2.24) is 4.98 Å². The molecule has 0 spiro atoms. The second-order valence-electron chi connectivity index (χ2n) is 4.07. The van der Waals surface area contributed by atoms with Gasteiger partial charge in [0.2, 0.25) is 0 Å². The molecule has 2 aromatic rings. The Hall–Kier alpha value is -2.41. The Morgan fingerprint density at radius 3 is 2.57 bits per heavy atom. The van der Waals surface area contributed by atoms with Crippen molar-refractivity contribution < 1.29 is 14.3 Å². The Balaban J connectivity index is 2.02. The summed E-state index contributed by atoms with van der Waals surface area (Å²) in [5, 5.41) is 2.71. The van der Waals surface area contributed by atoms with Crippen molar-refractivity contribution in [3.05, 3.63) is 52.8 Å². The summed E-state index contributed by atoms with van der Waals surface area (Å²) in [6.07, 6.45) is 1.54. The number of ether oxygens (including phenoxy) is 1. The van der Waals surface area contributed by atoms with Crippen LogP contribution in [-0.2, 0) is 4.79 Å². The number of nitrogens with two attached hydrogens (primary N) is 1. The molecule has 0 atom stereocenters. The zero-order valence-electron chi connectivity index (χ0n) is 10.9. The maximum atomic E-state index is 12.0. The summed E-state index contributed by atoms with van der Waals surface area (Å²) >= 11 is 3.27. The van der Waals surface area contributed by atoms with Crippen molar-refractivity contribution in [2.75, 3.05) is 11.9 Å². The molecule has 0 unspecified atom stereocenters. The number of carbonyl (C=O) groups excluding carboxylic acids is 2. The molecule has 2 amide bonds. The van der Waals surface area contributed by atoms with Crippen LogP contribution in [0.4, 0.5) is 5.69 Å². The molecule has 0 fully saturated rings. The average molecular weight is 350 g/mol. The van der Waals surface area contributed by atoms with Crippen LogP contribution in [0, 0.1) is 0 Å². The van der Waals surface area contributed by atoms with Crippen molar-refractivity contribution in [3.8, 4) is 5.75 Å². The fourth-order valence-electron chi connectivity index (χ4n) is 1.53. The van der Waals surface area contributed by atoms with Gasteiger partial charge in [0.1, 0.15) is 11.4 Å². The number of anilines is 1.